The number of alkyl halides is 3. The number of amides is 2. The molecule has 2 amide bonds. The van der Waals surface area contributed by atoms with Crippen molar-refractivity contribution < 1.29 is 27.8 Å². The van der Waals surface area contributed by atoms with Crippen LogP contribution in [0.5, 0.6) is 5.75 Å². The van der Waals surface area contributed by atoms with Gasteiger partial charge in [-0.25, -0.2) is 4.79 Å². The van der Waals surface area contributed by atoms with E-state index in [0.717, 1.165) is 50.2 Å². The summed E-state index contributed by atoms with van der Waals surface area (Å²) in [7, 11) is 0. The van der Waals surface area contributed by atoms with Gasteiger partial charge in [-0.05, 0) is 60.9 Å². The van der Waals surface area contributed by atoms with E-state index in [-0.39, 0.29) is 25.2 Å². The van der Waals surface area contributed by atoms with Gasteiger partial charge in [0.25, 0.3) is 0 Å². The van der Waals surface area contributed by atoms with E-state index in [0.29, 0.717) is 11.4 Å². The molecule has 7 nitrogen and oxygen atoms in total. The number of halogens is 3. The number of urea groups is 1. The maximum absolute atomic E-state index is 12.8. The van der Waals surface area contributed by atoms with Crippen LogP contribution in [0.25, 0.3) is 5.69 Å². The molecule has 2 aromatic carbocycles. The van der Waals surface area contributed by atoms with Gasteiger partial charge in [-0.2, -0.15) is 13.2 Å². The first-order valence-corrected chi connectivity index (χ1v) is 12.2. The van der Waals surface area contributed by atoms with E-state index in [1.165, 1.54) is 12.1 Å². The molecule has 0 spiro atoms. The van der Waals surface area contributed by atoms with Crippen LogP contribution in [0.3, 0.4) is 0 Å². The minimum Gasteiger partial charge on any atom is -0.491 e. The van der Waals surface area contributed by atoms with Crippen molar-refractivity contribution in [3.05, 3.63) is 84.2 Å². The lowest BCUT2D eigenvalue weighted by atomic mass is 10.0. The van der Waals surface area contributed by atoms with E-state index in [9.17, 15) is 23.1 Å². The Kier molecular flexibility index (Phi) is 8.73. The molecule has 4 rings (SSSR count). The first-order valence-electron chi connectivity index (χ1n) is 12.2. The van der Waals surface area contributed by atoms with Crippen LogP contribution >= 0.6 is 0 Å². The van der Waals surface area contributed by atoms with Gasteiger partial charge >= 0.3 is 12.2 Å². The number of aliphatic hydroxyl groups is 1. The summed E-state index contributed by atoms with van der Waals surface area (Å²) in [5.41, 5.74) is 1.07. The second kappa shape index (κ2) is 12.2. The number of aromatic nitrogens is 1. The fourth-order valence-corrected chi connectivity index (χ4v) is 4.23. The molecule has 1 fully saturated rings. The Labute approximate surface area is 213 Å². The van der Waals surface area contributed by atoms with Crippen molar-refractivity contribution in [1.82, 2.24) is 20.1 Å². The van der Waals surface area contributed by atoms with Crippen molar-refractivity contribution in [1.29, 1.82) is 0 Å². The molecular formula is C27H31F3N4O3. The van der Waals surface area contributed by atoms with E-state index < -0.39 is 17.8 Å². The van der Waals surface area contributed by atoms with Crippen LogP contribution in [0, 0.1) is 0 Å². The van der Waals surface area contributed by atoms with Crippen LogP contribution < -0.4 is 15.4 Å². The number of para-hydroxylation sites is 1. The van der Waals surface area contributed by atoms with Crippen LogP contribution in [0.4, 0.5) is 18.0 Å². The number of aliphatic hydroxyl groups excluding tert-OH is 1. The smallest absolute Gasteiger partial charge is 0.416 e. The third-order valence-electron chi connectivity index (χ3n) is 6.26. The van der Waals surface area contributed by atoms with Gasteiger partial charge in [-0.1, -0.05) is 18.2 Å². The maximum Gasteiger partial charge on any atom is 0.416 e. The zero-order valence-corrected chi connectivity index (χ0v) is 20.3. The third-order valence-corrected chi connectivity index (χ3v) is 6.26. The average molecular weight is 517 g/mol. The van der Waals surface area contributed by atoms with Crippen molar-refractivity contribution in [3.8, 4) is 11.4 Å². The summed E-state index contributed by atoms with van der Waals surface area (Å²) in [6.07, 6.45) is 0.200. The normalized spacial score (nSPS) is 15.8. The zero-order chi connectivity index (χ0) is 26.3. The molecule has 1 aliphatic heterocycles. The Morgan fingerprint density at radius 2 is 1.76 bits per heavy atom. The summed E-state index contributed by atoms with van der Waals surface area (Å²) in [5, 5.41) is 15.7. The Morgan fingerprint density at radius 3 is 2.43 bits per heavy atom. The minimum atomic E-state index is -4.35. The number of nitrogens with one attached hydrogen (secondary N) is 2. The van der Waals surface area contributed by atoms with Crippen LogP contribution in [0.15, 0.2) is 73.1 Å². The number of ether oxygens (including phenoxy) is 1. The van der Waals surface area contributed by atoms with Gasteiger partial charge in [0.1, 0.15) is 18.5 Å². The Balaban J connectivity index is 1.15. The van der Waals surface area contributed by atoms with E-state index in [2.05, 4.69) is 15.5 Å². The lowest BCUT2D eigenvalue weighted by molar-refractivity contribution is -0.137. The van der Waals surface area contributed by atoms with Crippen molar-refractivity contribution in [3.63, 3.8) is 0 Å². The third kappa shape index (κ3) is 7.99. The molecule has 3 aromatic rings. The summed E-state index contributed by atoms with van der Waals surface area (Å²) in [5.74, 6) is 0.661. The molecule has 198 valence electrons. The first-order chi connectivity index (χ1) is 17.8. The predicted octanol–water partition coefficient (Wildman–Crippen LogP) is 4.20. The summed E-state index contributed by atoms with van der Waals surface area (Å²) in [4.78, 5) is 14.5. The number of benzene rings is 2. The molecule has 1 aromatic heterocycles. The zero-order valence-electron chi connectivity index (χ0n) is 20.3. The van der Waals surface area contributed by atoms with Crippen molar-refractivity contribution in [2.24, 2.45) is 0 Å². The van der Waals surface area contributed by atoms with Gasteiger partial charge in [-0.15, -0.1) is 0 Å². The van der Waals surface area contributed by atoms with Gasteiger partial charge in [0.2, 0.25) is 0 Å². The van der Waals surface area contributed by atoms with Gasteiger partial charge in [-0.3, -0.25) is 4.90 Å². The summed E-state index contributed by atoms with van der Waals surface area (Å²) in [6.45, 7) is 2.52. The fourth-order valence-electron chi connectivity index (χ4n) is 4.23. The standard InChI is InChI=1S/C27H31F3N4O3/c28-27(29,30)21-6-8-23(9-7-21)34-15-10-20(18-34)17-33-13-11-22(12-14-33)32-26(36)31-16-24(35)19-37-25-4-2-1-3-5-25/h1-10,15,18,22,24,35H,11-14,16-17,19H2,(H2,31,32,36). The lowest BCUT2D eigenvalue weighted by Gasteiger charge is -2.32. The molecule has 2 heterocycles. The molecule has 37 heavy (non-hydrogen) atoms. The number of rotatable bonds is 9. The maximum atomic E-state index is 12.8. The fraction of sp³-hybridized carbons (Fsp3) is 0.370. The largest absolute Gasteiger partial charge is 0.491 e. The first kappa shape index (κ1) is 26.6. The highest BCUT2D eigenvalue weighted by Crippen LogP contribution is 2.29. The SMILES string of the molecule is O=C(NCC(O)COc1ccccc1)NC1CCN(Cc2ccn(-c3ccc(C(F)(F)F)cc3)c2)CC1. The Hall–Kier alpha value is -3.50. The molecule has 0 radical (unpaired) electrons. The second-order valence-corrected chi connectivity index (χ2v) is 9.15. The number of hydrogen-bond acceptors (Lipinski definition) is 4. The van der Waals surface area contributed by atoms with Crippen LogP contribution in [0.1, 0.15) is 24.0 Å². The molecular weight excluding hydrogens is 485 g/mol. The molecule has 10 heteroatoms. The number of hydrogen-bond donors (Lipinski definition) is 3. The predicted molar refractivity (Wildman–Crippen MR) is 134 cm³/mol. The Bertz CT molecular complexity index is 1130. The van der Waals surface area contributed by atoms with E-state index in [1.54, 1.807) is 12.1 Å². The van der Waals surface area contributed by atoms with Crippen LogP contribution in [-0.2, 0) is 12.7 Å². The quantitative estimate of drug-likeness (QED) is 0.399. The number of nitrogens with zero attached hydrogens (tertiary/aromatic N) is 2. The minimum absolute atomic E-state index is 0.0470. The number of likely N-dealkylation sites (tertiary alicyclic amines) is 1. The van der Waals surface area contributed by atoms with Crippen molar-refractivity contribution in [2.45, 2.75) is 37.7 Å². The van der Waals surface area contributed by atoms with Crippen LogP contribution in [-0.4, -0.2) is 59.0 Å². The van der Waals surface area contributed by atoms with Crippen molar-refractivity contribution in [2.75, 3.05) is 26.2 Å². The topological polar surface area (TPSA) is 78.8 Å². The molecule has 3 N–H and O–H groups in total. The highest BCUT2D eigenvalue weighted by atomic mass is 19.4. The summed E-state index contributed by atoms with van der Waals surface area (Å²) in [6, 6.07) is 16.0. The van der Waals surface area contributed by atoms with Crippen molar-refractivity contribution >= 4 is 6.03 Å². The number of carbonyl (C=O) groups is 1. The van der Waals surface area contributed by atoms with E-state index in [4.69, 9.17) is 4.74 Å². The highest BCUT2D eigenvalue weighted by molar-refractivity contribution is 5.74. The summed E-state index contributed by atoms with van der Waals surface area (Å²) >= 11 is 0. The Morgan fingerprint density at radius 1 is 1.05 bits per heavy atom. The van der Waals surface area contributed by atoms with Gasteiger partial charge in [0, 0.05) is 50.3 Å². The average Bonchev–Trinajstić information content (AvgIpc) is 3.36. The highest BCUT2D eigenvalue weighted by Gasteiger charge is 2.30. The molecule has 1 atom stereocenters. The van der Waals surface area contributed by atoms with Gasteiger partial charge < -0.3 is 25.0 Å². The number of carbonyl (C=O) groups excluding carboxylic acids is 1. The monoisotopic (exact) mass is 516 g/mol. The van der Waals surface area contributed by atoms with Gasteiger partial charge in [0.05, 0.1) is 5.56 Å². The second-order valence-electron chi connectivity index (χ2n) is 9.15. The van der Waals surface area contributed by atoms with Crippen LogP contribution in [0.2, 0.25) is 0 Å². The van der Waals surface area contributed by atoms with Gasteiger partial charge in [0.15, 0.2) is 0 Å². The lowest BCUT2D eigenvalue weighted by Crippen LogP contribution is -2.49. The molecule has 0 aliphatic carbocycles. The molecule has 1 saturated heterocycles. The summed E-state index contributed by atoms with van der Waals surface area (Å²) < 4.78 is 45.6. The number of piperidine rings is 1. The molecule has 1 aliphatic rings. The molecule has 0 saturated carbocycles. The molecule has 1 unspecified atom stereocenters. The van der Waals surface area contributed by atoms with E-state index in [1.807, 2.05) is 41.2 Å². The molecule has 0 bridgehead atoms. The van der Waals surface area contributed by atoms with E-state index >= 15 is 0 Å².